The van der Waals surface area contributed by atoms with Gasteiger partial charge in [0.1, 0.15) is 12.6 Å². The fourth-order valence-electron chi connectivity index (χ4n) is 1.63. The first-order valence-corrected chi connectivity index (χ1v) is 5.34. The molecule has 0 radical (unpaired) electrons. The first-order valence-electron chi connectivity index (χ1n) is 5.34. The summed E-state index contributed by atoms with van der Waals surface area (Å²) in [4.78, 5) is 14.8. The van der Waals surface area contributed by atoms with Crippen LogP contribution in [0.4, 0.5) is 0 Å². The Hall–Kier alpha value is -1.97. The normalized spacial score (nSPS) is 15.0. The van der Waals surface area contributed by atoms with Crippen LogP contribution in [-0.2, 0) is 0 Å². The number of rotatable bonds is 3. The van der Waals surface area contributed by atoms with Crippen molar-refractivity contribution >= 4 is 6.29 Å². The Balaban J connectivity index is 1.91. The summed E-state index contributed by atoms with van der Waals surface area (Å²) in [5.41, 5.74) is 1.61. The molecule has 1 aliphatic carbocycles. The van der Waals surface area contributed by atoms with Crippen molar-refractivity contribution in [2.75, 3.05) is 0 Å². The summed E-state index contributed by atoms with van der Waals surface area (Å²) < 4.78 is 1.75. The summed E-state index contributed by atoms with van der Waals surface area (Å²) in [6.07, 6.45) is 4.96. The second kappa shape index (κ2) is 3.56. The molecule has 1 aliphatic rings. The van der Waals surface area contributed by atoms with Crippen LogP contribution in [0.15, 0.2) is 30.6 Å². The van der Waals surface area contributed by atoms with Crippen molar-refractivity contribution in [3.05, 3.63) is 42.0 Å². The van der Waals surface area contributed by atoms with E-state index in [-0.39, 0.29) is 0 Å². The standard InChI is InChI=1S/C12H11N3O/c16-7-9-1-5-11(6-2-9)15-8-13-12(14-15)10-3-4-10/h1-2,5-8,10H,3-4H2. The summed E-state index contributed by atoms with van der Waals surface area (Å²) in [7, 11) is 0. The Kier molecular flexibility index (Phi) is 2.06. The van der Waals surface area contributed by atoms with Gasteiger partial charge in [-0.15, -0.1) is 0 Å². The minimum Gasteiger partial charge on any atom is -0.298 e. The van der Waals surface area contributed by atoms with Crippen molar-refractivity contribution in [1.82, 2.24) is 14.8 Å². The molecule has 0 N–H and O–H groups in total. The van der Waals surface area contributed by atoms with E-state index >= 15 is 0 Å². The first kappa shape index (κ1) is 9.27. The third-order valence-corrected chi connectivity index (χ3v) is 2.75. The predicted molar refractivity (Wildman–Crippen MR) is 58.7 cm³/mol. The Labute approximate surface area is 92.9 Å². The zero-order chi connectivity index (χ0) is 11.0. The molecule has 1 fully saturated rings. The maximum atomic E-state index is 10.5. The number of benzene rings is 1. The minimum absolute atomic E-state index is 0.565. The summed E-state index contributed by atoms with van der Waals surface area (Å²) in [6, 6.07) is 7.30. The van der Waals surface area contributed by atoms with Crippen molar-refractivity contribution in [2.24, 2.45) is 0 Å². The van der Waals surface area contributed by atoms with E-state index in [1.807, 2.05) is 12.1 Å². The number of hydrogen-bond acceptors (Lipinski definition) is 3. The average molecular weight is 213 g/mol. The Morgan fingerprint density at radius 2 is 2.00 bits per heavy atom. The monoisotopic (exact) mass is 213 g/mol. The van der Waals surface area contributed by atoms with E-state index in [2.05, 4.69) is 10.1 Å². The largest absolute Gasteiger partial charge is 0.298 e. The van der Waals surface area contributed by atoms with Gasteiger partial charge in [0, 0.05) is 11.5 Å². The third kappa shape index (κ3) is 1.62. The topological polar surface area (TPSA) is 47.8 Å². The van der Waals surface area contributed by atoms with Gasteiger partial charge in [-0.2, -0.15) is 5.10 Å². The van der Waals surface area contributed by atoms with Crippen LogP contribution in [0.25, 0.3) is 5.69 Å². The molecular formula is C12H11N3O. The molecule has 0 aliphatic heterocycles. The highest BCUT2D eigenvalue weighted by molar-refractivity contribution is 5.75. The smallest absolute Gasteiger partial charge is 0.154 e. The summed E-state index contributed by atoms with van der Waals surface area (Å²) >= 11 is 0. The number of carbonyl (C=O) groups is 1. The number of aldehydes is 1. The minimum atomic E-state index is 0.565. The molecule has 0 bridgehead atoms. The highest BCUT2D eigenvalue weighted by Crippen LogP contribution is 2.37. The fraction of sp³-hybridized carbons (Fsp3) is 0.250. The molecule has 1 saturated carbocycles. The van der Waals surface area contributed by atoms with Gasteiger partial charge in [-0.25, -0.2) is 9.67 Å². The van der Waals surface area contributed by atoms with Gasteiger partial charge in [0.2, 0.25) is 0 Å². The van der Waals surface area contributed by atoms with E-state index in [0.717, 1.165) is 17.8 Å². The summed E-state index contributed by atoms with van der Waals surface area (Å²) in [5, 5.41) is 4.42. The molecular weight excluding hydrogens is 202 g/mol. The Morgan fingerprint density at radius 3 is 2.62 bits per heavy atom. The second-order valence-corrected chi connectivity index (χ2v) is 4.03. The molecule has 0 unspecified atom stereocenters. The van der Waals surface area contributed by atoms with Crippen molar-refractivity contribution < 1.29 is 4.79 Å². The average Bonchev–Trinajstić information content (AvgIpc) is 3.08. The van der Waals surface area contributed by atoms with Crippen LogP contribution in [0.1, 0.15) is 34.9 Å². The molecule has 1 aromatic heterocycles. The molecule has 4 heteroatoms. The van der Waals surface area contributed by atoms with Gasteiger partial charge in [-0.1, -0.05) is 0 Å². The van der Waals surface area contributed by atoms with E-state index in [4.69, 9.17) is 0 Å². The Bertz CT molecular complexity index is 511. The first-order chi connectivity index (χ1) is 7.86. The number of nitrogens with zero attached hydrogens (tertiary/aromatic N) is 3. The van der Waals surface area contributed by atoms with Gasteiger partial charge in [0.05, 0.1) is 5.69 Å². The number of carbonyl (C=O) groups excluding carboxylic acids is 1. The SMILES string of the molecule is O=Cc1ccc(-n2cnc(C3CC3)n2)cc1. The van der Waals surface area contributed by atoms with Crippen LogP contribution in [0.3, 0.4) is 0 Å². The zero-order valence-corrected chi connectivity index (χ0v) is 8.71. The van der Waals surface area contributed by atoms with Crippen molar-refractivity contribution in [3.63, 3.8) is 0 Å². The molecule has 0 spiro atoms. The van der Waals surface area contributed by atoms with E-state index in [1.54, 1.807) is 23.1 Å². The zero-order valence-electron chi connectivity index (χ0n) is 8.71. The van der Waals surface area contributed by atoms with Crippen molar-refractivity contribution in [3.8, 4) is 5.69 Å². The van der Waals surface area contributed by atoms with Crippen LogP contribution in [0.5, 0.6) is 0 Å². The van der Waals surface area contributed by atoms with Crippen molar-refractivity contribution in [1.29, 1.82) is 0 Å². The summed E-state index contributed by atoms with van der Waals surface area (Å²) in [5.74, 6) is 1.50. The molecule has 4 nitrogen and oxygen atoms in total. The fourth-order valence-corrected chi connectivity index (χ4v) is 1.63. The molecule has 2 aromatic rings. The highest BCUT2D eigenvalue weighted by Gasteiger charge is 2.27. The third-order valence-electron chi connectivity index (χ3n) is 2.75. The lowest BCUT2D eigenvalue weighted by atomic mass is 10.2. The maximum Gasteiger partial charge on any atom is 0.154 e. The summed E-state index contributed by atoms with van der Waals surface area (Å²) in [6.45, 7) is 0. The van der Waals surface area contributed by atoms with Gasteiger partial charge < -0.3 is 0 Å². The van der Waals surface area contributed by atoms with E-state index in [0.29, 0.717) is 11.5 Å². The van der Waals surface area contributed by atoms with Crippen LogP contribution < -0.4 is 0 Å². The van der Waals surface area contributed by atoms with Crippen LogP contribution in [-0.4, -0.2) is 21.1 Å². The lowest BCUT2D eigenvalue weighted by Crippen LogP contribution is -1.95. The number of hydrogen-bond donors (Lipinski definition) is 0. The molecule has 80 valence electrons. The molecule has 1 heterocycles. The van der Waals surface area contributed by atoms with Gasteiger partial charge in [-0.3, -0.25) is 4.79 Å². The van der Waals surface area contributed by atoms with Gasteiger partial charge >= 0.3 is 0 Å². The molecule has 3 rings (SSSR count). The lowest BCUT2D eigenvalue weighted by molar-refractivity contribution is 0.112. The molecule has 1 aromatic carbocycles. The maximum absolute atomic E-state index is 10.5. The van der Waals surface area contributed by atoms with Crippen LogP contribution in [0, 0.1) is 0 Å². The van der Waals surface area contributed by atoms with Crippen LogP contribution in [0.2, 0.25) is 0 Å². The Morgan fingerprint density at radius 1 is 1.25 bits per heavy atom. The van der Waals surface area contributed by atoms with E-state index in [9.17, 15) is 4.79 Å². The second-order valence-electron chi connectivity index (χ2n) is 4.03. The molecule has 16 heavy (non-hydrogen) atoms. The quantitative estimate of drug-likeness (QED) is 0.732. The van der Waals surface area contributed by atoms with E-state index in [1.165, 1.54) is 12.8 Å². The predicted octanol–water partition coefficient (Wildman–Crippen LogP) is 1.96. The molecule has 0 atom stereocenters. The molecule has 0 amide bonds. The van der Waals surface area contributed by atoms with Gasteiger partial charge in [0.25, 0.3) is 0 Å². The van der Waals surface area contributed by atoms with Gasteiger partial charge in [-0.05, 0) is 37.1 Å². The lowest BCUT2D eigenvalue weighted by Gasteiger charge is -1.99. The van der Waals surface area contributed by atoms with Gasteiger partial charge in [0.15, 0.2) is 5.82 Å². The van der Waals surface area contributed by atoms with Crippen LogP contribution >= 0.6 is 0 Å². The highest BCUT2D eigenvalue weighted by atomic mass is 16.1. The molecule has 0 saturated heterocycles. The van der Waals surface area contributed by atoms with E-state index < -0.39 is 0 Å². The number of aromatic nitrogens is 3. The van der Waals surface area contributed by atoms with Crippen molar-refractivity contribution in [2.45, 2.75) is 18.8 Å².